The standard InChI is InChI=1S/C16H17N3O/c1-10-13(5-4-8-17-10)16-18-14-9-12(11(2)20)6-7-15(14)19(16)3/h4-9,16,18H,1-3H3. The number of hydrogen-bond donors (Lipinski definition) is 1. The molecule has 4 nitrogen and oxygen atoms in total. The normalized spacial score (nSPS) is 16.8. The molecular weight excluding hydrogens is 250 g/mol. The summed E-state index contributed by atoms with van der Waals surface area (Å²) in [5, 5.41) is 3.47. The van der Waals surface area contributed by atoms with E-state index in [1.54, 1.807) is 13.1 Å². The molecule has 0 saturated carbocycles. The molecule has 1 atom stereocenters. The lowest BCUT2D eigenvalue weighted by molar-refractivity contribution is 0.101. The van der Waals surface area contributed by atoms with E-state index in [9.17, 15) is 4.79 Å². The molecule has 0 radical (unpaired) electrons. The third kappa shape index (κ3) is 1.93. The van der Waals surface area contributed by atoms with Crippen molar-refractivity contribution in [3.63, 3.8) is 0 Å². The Morgan fingerprint density at radius 1 is 1.35 bits per heavy atom. The smallest absolute Gasteiger partial charge is 0.159 e. The number of aromatic nitrogens is 1. The molecule has 0 spiro atoms. The van der Waals surface area contributed by atoms with Crippen LogP contribution in [-0.4, -0.2) is 17.8 Å². The van der Waals surface area contributed by atoms with Crippen LogP contribution in [0.2, 0.25) is 0 Å². The highest BCUT2D eigenvalue weighted by molar-refractivity contribution is 5.96. The largest absolute Gasteiger partial charge is 0.360 e. The Hall–Kier alpha value is -2.36. The average Bonchev–Trinajstić information content (AvgIpc) is 2.76. The van der Waals surface area contributed by atoms with E-state index >= 15 is 0 Å². The van der Waals surface area contributed by atoms with Crippen molar-refractivity contribution in [2.24, 2.45) is 0 Å². The number of benzene rings is 1. The van der Waals surface area contributed by atoms with Gasteiger partial charge in [0.2, 0.25) is 0 Å². The Balaban J connectivity index is 2.00. The molecule has 0 fully saturated rings. The zero-order valence-corrected chi connectivity index (χ0v) is 11.8. The molecule has 1 N–H and O–H groups in total. The molecule has 0 amide bonds. The third-order valence-electron chi connectivity index (χ3n) is 3.80. The molecule has 0 aliphatic carbocycles. The molecule has 0 bridgehead atoms. The van der Waals surface area contributed by atoms with E-state index in [-0.39, 0.29) is 11.9 Å². The van der Waals surface area contributed by atoms with Crippen LogP contribution >= 0.6 is 0 Å². The third-order valence-corrected chi connectivity index (χ3v) is 3.80. The molecule has 1 aromatic carbocycles. The highest BCUT2D eigenvalue weighted by atomic mass is 16.1. The predicted octanol–water partition coefficient (Wildman–Crippen LogP) is 3.15. The Kier molecular flexibility index (Phi) is 2.93. The number of fused-ring (bicyclic) bond motifs is 1. The number of aryl methyl sites for hydroxylation is 1. The first-order chi connectivity index (χ1) is 9.58. The molecular formula is C16H17N3O. The molecule has 1 aliphatic heterocycles. The molecule has 3 rings (SSSR count). The molecule has 1 unspecified atom stereocenters. The Morgan fingerprint density at radius 2 is 2.15 bits per heavy atom. The number of hydrogen-bond acceptors (Lipinski definition) is 4. The highest BCUT2D eigenvalue weighted by Gasteiger charge is 2.28. The van der Waals surface area contributed by atoms with Gasteiger partial charge >= 0.3 is 0 Å². The highest BCUT2D eigenvalue weighted by Crippen LogP contribution is 2.40. The van der Waals surface area contributed by atoms with Crippen molar-refractivity contribution >= 4 is 17.2 Å². The molecule has 102 valence electrons. The van der Waals surface area contributed by atoms with Gasteiger partial charge in [-0.3, -0.25) is 9.78 Å². The minimum atomic E-state index is 0.0564. The predicted molar refractivity (Wildman–Crippen MR) is 80.2 cm³/mol. The van der Waals surface area contributed by atoms with Crippen molar-refractivity contribution in [1.29, 1.82) is 0 Å². The van der Waals surface area contributed by atoms with Crippen LogP contribution in [0.3, 0.4) is 0 Å². The minimum absolute atomic E-state index is 0.0564. The topological polar surface area (TPSA) is 45.2 Å². The summed E-state index contributed by atoms with van der Waals surface area (Å²) in [7, 11) is 2.05. The van der Waals surface area contributed by atoms with Gasteiger partial charge in [-0.15, -0.1) is 0 Å². The lowest BCUT2D eigenvalue weighted by Gasteiger charge is -2.23. The lowest BCUT2D eigenvalue weighted by atomic mass is 10.1. The summed E-state index contributed by atoms with van der Waals surface area (Å²) in [6, 6.07) is 9.80. The van der Waals surface area contributed by atoms with Crippen LogP contribution in [0.4, 0.5) is 11.4 Å². The zero-order chi connectivity index (χ0) is 14.3. The maximum Gasteiger partial charge on any atom is 0.159 e. The number of carbonyl (C=O) groups is 1. The van der Waals surface area contributed by atoms with Crippen LogP contribution in [0.15, 0.2) is 36.5 Å². The number of Topliss-reactive ketones (excluding diaryl/α,β-unsaturated/α-hetero) is 1. The summed E-state index contributed by atoms with van der Waals surface area (Å²) >= 11 is 0. The van der Waals surface area contributed by atoms with Crippen LogP contribution < -0.4 is 10.2 Å². The van der Waals surface area contributed by atoms with E-state index in [2.05, 4.69) is 21.3 Å². The Morgan fingerprint density at radius 3 is 2.85 bits per heavy atom. The molecule has 1 aromatic heterocycles. The van der Waals surface area contributed by atoms with Gasteiger partial charge < -0.3 is 10.2 Å². The number of pyridine rings is 1. The van der Waals surface area contributed by atoms with Gasteiger partial charge in [-0.25, -0.2) is 0 Å². The number of nitrogens with zero attached hydrogens (tertiary/aromatic N) is 2. The van der Waals surface area contributed by atoms with Crippen molar-refractivity contribution in [3.8, 4) is 0 Å². The average molecular weight is 267 g/mol. The Labute approximate surface area is 118 Å². The lowest BCUT2D eigenvalue weighted by Crippen LogP contribution is -2.24. The van der Waals surface area contributed by atoms with Crippen LogP contribution in [-0.2, 0) is 0 Å². The fourth-order valence-corrected chi connectivity index (χ4v) is 2.63. The maximum absolute atomic E-state index is 11.5. The SMILES string of the molecule is CC(=O)c1ccc2c(c1)NC(c1cccnc1C)N2C. The van der Waals surface area contributed by atoms with Gasteiger partial charge in [0.05, 0.1) is 11.4 Å². The van der Waals surface area contributed by atoms with Crippen molar-refractivity contribution in [2.45, 2.75) is 20.0 Å². The molecule has 2 heterocycles. The molecule has 20 heavy (non-hydrogen) atoms. The molecule has 0 saturated heterocycles. The maximum atomic E-state index is 11.5. The van der Waals surface area contributed by atoms with E-state index in [1.807, 2.05) is 38.2 Å². The van der Waals surface area contributed by atoms with Crippen molar-refractivity contribution < 1.29 is 4.79 Å². The second-order valence-electron chi connectivity index (χ2n) is 5.12. The van der Waals surface area contributed by atoms with Crippen molar-refractivity contribution in [3.05, 3.63) is 53.3 Å². The zero-order valence-electron chi connectivity index (χ0n) is 11.8. The minimum Gasteiger partial charge on any atom is -0.360 e. The number of rotatable bonds is 2. The number of nitrogens with one attached hydrogen (secondary N) is 1. The first kappa shape index (κ1) is 12.7. The van der Waals surface area contributed by atoms with Gasteiger partial charge in [-0.1, -0.05) is 6.07 Å². The molecule has 4 heteroatoms. The monoisotopic (exact) mass is 267 g/mol. The molecule has 2 aromatic rings. The summed E-state index contributed by atoms with van der Waals surface area (Å²) in [5.41, 5.74) is 4.98. The van der Waals surface area contributed by atoms with E-state index in [4.69, 9.17) is 0 Å². The summed E-state index contributed by atoms with van der Waals surface area (Å²) in [5.74, 6) is 0.0817. The fraction of sp³-hybridized carbons (Fsp3) is 0.250. The summed E-state index contributed by atoms with van der Waals surface area (Å²) in [4.78, 5) is 18.0. The van der Waals surface area contributed by atoms with E-state index < -0.39 is 0 Å². The molecule has 1 aliphatic rings. The summed E-state index contributed by atoms with van der Waals surface area (Å²) < 4.78 is 0. The first-order valence-electron chi connectivity index (χ1n) is 6.64. The number of ketones is 1. The van der Waals surface area contributed by atoms with Gasteiger partial charge in [0.15, 0.2) is 5.78 Å². The van der Waals surface area contributed by atoms with Gasteiger partial charge in [-0.2, -0.15) is 0 Å². The van der Waals surface area contributed by atoms with Crippen LogP contribution in [0.5, 0.6) is 0 Å². The van der Waals surface area contributed by atoms with Gasteiger partial charge in [0, 0.05) is 30.1 Å². The van der Waals surface area contributed by atoms with Crippen molar-refractivity contribution in [1.82, 2.24) is 4.98 Å². The quantitative estimate of drug-likeness (QED) is 0.849. The summed E-state index contributed by atoms with van der Waals surface area (Å²) in [6.07, 6.45) is 1.86. The number of carbonyl (C=O) groups excluding carboxylic acids is 1. The van der Waals surface area contributed by atoms with Crippen LogP contribution in [0, 0.1) is 6.92 Å². The van der Waals surface area contributed by atoms with E-state index in [0.29, 0.717) is 0 Å². The Bertz CT molecular complexity index is 681. The second kappa shape index (κ2) is 4.63. The van der Waals surface area contributed by atoms with Gasteiger partial charge in [-0.05, 0) is 38.1 Å². The fourth-order valence-electron chi connectivity index (χ4n) is 2.63. The number of anilines is 2. The first-order valence-corrected chi connectivity index (χ1v) is 6.64. The second-order valence-corrected chi connectivity index (χ2v) is 5.12. The summed E-state index contributed by atoms with van der Waals surface area (Å²) in [6.45, 7) is 3.60. The van der Waals surface area contributed by atoms with E-state index in [0.717, 1.165) is 28.2 Å². The van der Waals surface area contributed by atoms with E-state index in [1.165, 1.54) is 0 Å². The van der Waals surface area contributed by atoms with Crippen molar-refractivity contribution in [2.75, 3.05) is 17.3 Å². The van der Waals surface area contributed by atoms with Gasteiger partial charge in [0.25, 0.3) is 0 Å². The van der Waals surface area contributed by atoms with Crippen LogP contribution in [0.1, 0.15) is 34.7 Å². The van der Waals surface area contributed by atoms with Gasteiger partial charge in [0.1, 0.15) is 6.17 Å². The van der Waals surface area contributed by atoms with Crippen LogP contribution in [0.25, 0.3) is 0 Å².